The first-order valence-corrected chi connectivity index (χ1v) is 19.5. The molecule has 6 atom stereocenters. The highest BCUT2D eigenvalue weighted by Crippen LogP contribution is 2.44. The van der Waals surface area contributed by atoms with Crippen LogP contribution in [0.1, 0.15) is 62.6 Å². The summed E-state index contributed by atoms with van der Waals surface area (Å²) in [6, 6.07) is 20.7. The lowest BCUT2D eigenvalue weighted by Crippen LogP contribution is -2.54. The summed E-state index contributed by atoms with van der Waals surface area (Å²) in [6.07, 6.45) is -3.44. The number of carbonyl (C=O) groups is 5. The lowest BCUT2D eigenvalue weighted by molar-refractivity contribution is -0.497. The molecule has 6 rings (SSSR count). The first-order valence-electron chi connectivity index (χ1n) is 19.5. The molecule has 17 heteroatoms. The van der Waals surface area contributed by atoms with Gasteiger partial charge in [-0.1, -0.05) is 73.5 Å². The largest absolute Gasteiger partial charge is 0.459 e. The van der Waals surface area contributed by atoms with Crippen LogP contribution in [-0.4, -0.2) is 98.1 Å². The summed E-state index contributed by atoms with van der Waals surface area (Å²) in [4.78, 5) is 68.3. The molecule has 59 heavy (non-hydrogen) atoms. The van der Waals surface area contributed by atoms with Crippen LogP contribution in [0.15, 0.2) is 66.7 Å². The Labute approximate surface area is 341 Å². The van der Waals surface area contributed by atoms with E-state index in [-0.39, 0.29) is 68.4 Å². The van der Waals surface area contributed by atoms with Crippen molar-refractivity contribution in [3.05, 3.63) is 83.4 Å². The molecule has 2 aliphatic heterocycles. The molecule has 0 aromatic heterocycles. The van der Waals surface area contributed by atoms with Crippen molar-refractivity contribution in [2.45, 2.75) is 77.3 Å². The monoisotopic (exact) mass is 819 g/mol. The van der Waals surface area contributed by atoms with E-state index in [9.17, 15) is 24.0 Å². The number of hydrogen-bond acceptors (Lipinski definition) is 14. The van der Waals surface area contributed by atoms with Gasteiger partial charge in [-0.3, -0.25) is 14.5 Å². The van der Waals surface area contributed by atoms with Crippen LogP contribution in [0.2, 0.25) is 0 Å². The van der Waals surface area contributed by atoms with Crippen molar-refractivity contribution in [1.29, 1.82) is 0 Å². The van der Waals surface area contributed by atoms with Crippen molar-refractivity contribution in [2.24, 2.45) is 11.8 Å². The van der Waals surface area contributed by atoms with Crippen molar-refractivity contribution in [1.82, 2.24) is 10.2 Å². The van der Waals surface area contributed by atoms with Crippen molar-refractivity contribution >= 4 is 36.0 Å². The predicted molar refractivity (Wildman–Crippen MR) is 208 cm³/mol. The van der Waals surface area contributed by atoms with Gasteiger partial charge in [-0.05, 0) is 52.3 Å². The third-order valence-electron chi connectivity index (χ3n) is 10.7. The molecular weight excluding hydrogens is 770 g/mol. The molecule has 1 unspecified atom stereocenters. The zero-order valence-electron chi connectivity index (χ0n) is 33.0. The lowest BCUT2D eigenvalue weighted by Gasteiger charge is -2.43. The van der Waals surface area contributed by atoms with Gasteiger partial charge in [0.15, 0.2) is 6.10 Å². The Kier molecular flexibility index (Phi) is 14.9. The Morgan fingerprint density at radius 1 is 0.949 bits per heavy atom. The third kappa shape index (κ3) is 10.7. The van der Waals surface area contributed by atoms with Gasteiger partial charge in [-0.25, -0.2) is 19.7 Å². The van der Waals surface area contributed by atoms with E-state index in [1.165, 1.54) is 11.8 Å². The number of benzene rings is 3. The Bertz CT molecular complexity index is 1920. The highest BCUT2D eigenvalue weighted by atomic mass is 17.5. The highest BCUT2D eigenvalue weighted by molar-refractivity contribution is 5.92. The number of esters is 1. The Morgan fingerprint density at radius 2 is 1.68 bits per heavy atom. The molecule has 17 nitrogen and oxygen atoms in total. The molecule has 0 spiro atoms. The van der Waals surface area contributed by atoms with Gasteiger partial charge in [-0.2, -0.15) is 0 Å². The molecule has 0 bridgehead atoms. The first-order chi connectivity index (χ1) is 28.6. The van der Waals surface area contributed by atoms with Crippen LogP contribution in [0.3, 0.4) is 0 Å². The van der Waals surface area contributed by atoms with Crippen LogP contribution in [0.25, 0.3) is 11.1 Å². The molecule has 3 aromatic carbocycles. The highest BCUT2D eigenvalue weighted by Gasteiger charge is 2.45. The number of amides is 3. The van der Waals surface area contributed by atoms with E-state index in [0.717, 1.165) is 28.5 Å². The molecule has 2 saturated heterocycles. The maximum Gasteiger partial charge on any atom is 0.412 e. The minimum atomic E-state index is -1.19. The Morgan fingerprint density at radius 3 is 2.37 bits per heavy atom. The summed E-state index contributed by atoms with van der Waals surface area (Å²) >= 11 is 0. The summed E-state index contributed by atoms with van der Waals surface area (Å²) in [5, 5.41) is 18.0. The van der Waals surface area contributed by atoms with Crippen LogP contribution in [0.5, 0.6) is 5.75 Å². The number of ether oxygens (including phenoxy) is 6. The Hall–Kier alpha value is -5.59. The summed E-state index contributed by atoms with van der Waals surface area (Å²) < 4.78 is 34.8. The summed E-state index contributed by atoms with van der Waals surface area (Å²) in [5.41, 5.74) is 5.00. The smallest absolute Gasteiger partial charge is 0.412 e. The lowest BCUT2D eigenvalue weighted by atomic mass is 9.83. The fourth-order valence-electron chi connectivity index (χ4n) is 7.54. The standard InChI is InChI=1S/C42H49N3O14/c1-25-26(2)39(56-27(3)47)40(58-36(25)24-55-59-51)57-35-15-14-28(22-54-42(50)45-18-20-52-38(45)13-8-19-46)21-34(35)44-37(48)16-17-43-41(49)53-23-33-31-11-6-4-9-29(31)30-10-5-7-12-32(30)33/h4-7,9-12,14-15,19,21,25-26,33,36,38-40,51H,8,13,16-18,20,22-24H2,1-3H3,(H,43,49)(H,44,48)/t25-,26-,36+,38?,39+,40+/m0/s1. The number of rotatable bonds is 17. The van der Waals surface area contributed by atoms with Gasteiger partial charge >= 0.3 is 18.2 Å². The molecular formula is C42H49N3O14. The minimum absolute atomic E-state index is 0.0521. The van der Waals surface area contributed by atoms with Crippen molar-refractivity contribution in [2.75, 3.05) is 38.2 Å². The van der Waals surface area contributed by atoms with Crippen LogP contribution in [0, 0.1) is 11.8 Å². The van der Waals surface area contributed by atoms with Gasteiger partial charge in [-0.15, -0.1) is 0 Å². The van der Waals surface area contributed by atoms with E-state index >= 15 is 0 Å². The summed E-state index contributed by atoms with van der Waals surface area (Å²) in [7, 11) is 0. The van der Waals surface area contributed by atoms with E-state index in [0.29, 0.717) is 25.1 Å². The fourth-order valence-corrected chi connectivity index (χ4v) is 7.54. The normalized spacial score (nSPS) is 22.1. The first kappa shape index (κ1) is 43.0. The van der Waals surface area contributed by atoms with Crippen molar-refractivity contribution < 1.29 is 67.6 Å². The van der Waals surface area contributed by atoms with E-state index < -0.39 is 48.8 Å². The van der Waals surface area contributed by atoms with Crippen LogP contribution in [-0.2, 0) is 54.6 Å². The second-order valence-electron chi connectivity index (χ2n) is 14.5. The molecule has 3 N–H and O–H groups in total. The number of carbonyl (C=O) groups excluding carboxylic acids is 5. The number of nitrogens with zero attached hydrogens (tertiary/aromatic N) is 1. The van der Waals surface area contributed by atoms with Gasteiger partial charge in [0.1, 0.15) is 38.1 Å². The molecule has 0 radical (unpaired) electrons. The quantitative estimate of drug-likeness (QED) is 0.0502. The van der Waals surface area contributed by atoms with Crippen LogP contribution < -0.4 is 15.4 Å². The SMILES string of the molecule is CC(=O)O[C@H]1[C@H](Oc2ccc(COC(=O)N3CCOC3CCC=O)cc2NC(=O)CCNC(=O)OCC2c3ccccc3-c3ccccc32)O[C@H](COOO)[C@@H](C)[C@@H]1C. The van der Waals surface area contributed by atoms with E-state index in [2.05, 4.69) is 15.7 Å². The number of aldehydes is 1. The van der Waals surface area contributed by atoms with E-state index in [4.69, 9.17) is 38.6 Å². The summed E-state index contributed by atoms with van der Waals surface area (Å²) in [5.74, 6) is -1.60. The maximum atomic E-state index is 13.4. The molecule has 0 saturated carbocycles. The molecule has 3 amide bonds. The number of hydrogen-bond donors (Lipinski definition) is 3. The molecule has 316 valence electrons. The zero-order valence-corrected chi connectivity index (χ0v) is 33.0. The van der Waals surface area contributed by atoms with Gasteiger partial charge in [0.2, 0.25) is 12.2 Å². The van der Waals surface area contributed by atoms with Crippen molar-refractivity contribution in [3.63, 3.8) is 0 Å². The minimum Gasteiger partial charge on any atom is -0.459 e. The molecule has 2 heterocycles. The van der Waals surface area contributed by atoms with E-state index in [1.54, 1.807) is 18.2 Å². The topological polar surface area (TPSA) is 207 Å². The Balaban J connectivity index is 1.12. The average Bonchev–Trinajstić information content (AvgIpc) is 3.83. The second kappa shape index (κ2) is 20.4. The molecule has 3 aliphatic rings. The zero-order chi connectivity index (χ0) is 41.9. The van der Waals surface area contributed by atoms with Gasteiger partial charge in [0.25, 0.3) is 0 Å². The van der Waals surface area contributed by atoms with Gasteiger partial charge in [0.05, 0.1) is 24.9 Å². The van der Waals surface area contributed by atoms with Crippen LogP contribution in [0.4, 0.5) is 15.3 Å². The number of anilines is 1. The number of nitrogens with one attached hydrogen (secondary N) is 2. The molecule has 1 aliphatic carbocycles. The fraction of sp³-hybridized carbons (Fsp3) is 0.452. The van der Waals surface area contributed by atoms with Gasteiger partial charge < -0.3 is 43.8 Å². The predicted octanol–water partition coefficient (Wildman–Crippen LogP) is 5.56. The van der Waals surface area contributed by atoms with E-state index in [1.807, 2.05) is 62.4 Å². The van der Waals surface area contributed by atoms with Crippen molar-refractivity contribution in [3.8, 4) is 16.9 Å². The summed E-state index contributed by atoms with van der Waals surface area (Å²) in [6.45, 7) is 5.30. The number of fused-ring (bicyclic) bond motifs is 3. The second-order valence-corrected chi connectivity index (χ2v) is 14.5. The average molecular weight is 820 g/mol. The third-order valence-corrected chi connectivity index (χ3v) is 10.7. The molecule has 2 fully saturated rings. The maximum absolute atomic E-state index is 13.4. The molecule has 3 aromatic rings. The number of alkyl carbamates (subject to hydrolysis) is 1. The van der Waals surface area contributed by atoms with Gasteiger partial charge in [0, 0.05) is 38.1 Å². The van der Waals surface area contributed by atoms with Crippen LogP contribution >= 0.6 is 0 Å².